The maximum Gasteiger partial charge on any atom is 0.237 e. The Balaban J connectivity index is 1.98. The smallest absolute Gasteiger partial charge is 0.237 e. The maximum atomic E-state index is 12.7. The molecule has 0 aromatic rings. The summed E-state index contributed by atoms with van der Waals surface area (Å²) in [5.74, 6) is 0.303. The van der Waals surface area contributed by atoms with Crippen LogP contribution in [-0.4, -0.2) is 53.0 Å². The van der Waals surface area contributed by atoms with Gasteiger partial charge in [-0.2, -0.15) is 0 Å². The summed E-state index contributed by atoms with van der Waals surface area (Å²) in [4.78, 5) is 17.1. The van der Waals surface area contributed by atoms with Gasteiger partial charge in [0.05, 0.1) is 6.54 Å². The van der Waals surface area contributed by atoms with Gasteiger partial charge >= 0.3 is 0 Å². The lowest BCUT2D eigenvalue weighted by molar-refractivity contribution is -0.139. The Kier molecular flexibility index (Phi) is 5.44. The van der Waals surface area contributed by atoms with Gasteiger partial charge in [-0.25, -0.2) is 0 Å². The lowest BCUT2D eigenvalue weighted by Crippen LogP contribution is -2.55. The van der Waals surface area contributed by atoms with Gasteiger partial charge in [0, 0.05) is 24.2 Å². The summed E-state index contributed by atoms with van der Waals surface area (Å²) in [6, 6.07) is 1.32. The molecule has 0 spiro atoms. The molecular weight excluding hydrogens is 250 g/mol. The van der Waals surface area contributed by atoms with Crippen molar-refractivity contribution in [3.8, 4) is 0 Å². The Hall–Kier alpha value is -0.610. The number of piperidine rings is 2. The van der Waals surface area contributed by atoms with Crippen LogP contribution in [0.2, 0.25) is 0 Å². The van der Waals surface area contributed by atoms with Crippen LogP contribution < -0.4 is 5.73 Å². The van der Waals surface area contributed by atoms with Crippen LogP contribution in [0.15, 0.2) is 0 Å². The predicted molar refractivity (Wildman–Crippen MR) is 82.5 cm³/mol. The highest BCUT2D eigenvalue weighted by Crippen LogP contribution is 2.24. The normalized spacial score (nSPS) is 34.0. The third-order valence-corrected chi connectivity index (χ3v) is 5.09. The van der Waals surface area contributed by atoms with Gasteiger partial charge in [-0.1, -0.05) is 6.42 Å². The summed E-state index contributed by atoms with van der Waals surface area (Å²) in [5, 5.41) is 0. The second kappa shape index (κ2) is 6.90. The molecule has 2 heterocycles. The van der Waals surface area contributed by atoms with Crippen molar-refractivity contribution in [2.24, 2.45) is 5.73 Å². The number of carbonyl (C=O) groups is 1. The SMILES string of the molecule is CC(N)C1CCCCN1CC(=O)N1C(C)CCCC1C. The number of hydrogen-bond donors (Lipinski definition) is 1. The highest BCUT2D eigenvalue weighted by Gasteiger charge is 2.32. The second-order valence-corrected chi connectivity index (χ2v) is 6.82. The van der Waals surface area contributed by atoms with E-state index in [1.165, 1.54) is 19.3 Å². The van der Waals surface area contributed by atoms with Crippen molar-refractivity contribution < 1.29 is 4.79 Å². The average Bonchev–Trinajstić information content (AvgIpc) is 2.38. The average molecular weight is 281 g/mol. The molecule has 0 radical (unpaired) electrons. The Morgan fingerprint density at radius 3 is 2.40 bits per heavy atom. The first kappa shape index (κ1) is 15.8. The molecule has 0 aromatic carbocycles. The number of nitrogens with zero attached hydrogens (tertiary/aromatic N) is 2. The van der Waals surface area contributed by atoms with Gasteiger partial charge in [0.15, 0.2) is 0 Å². The molecule has 0 aromatic heterocycles. The Morgan fingerprint density at radius 1 is 1.15 bits per heavy atom. The largest absolute Gasteiger partial charge is 0.336 e. The minimum Gasteiger partial charge on any atom is -0.336 e. The molecule has 2 rings (SSSR count). The fourth-order valence-electron chi connectivity index (χ4n) is 3.98. The lowest BCUT2D eigenvalue weighted by atomic mass is 9.95. The first-order valence-corrected chi connectivity index (χ1v) is 8.31. The van der Waals surface area contributed by atoms with Crippen LogP contribution in [0.5, 0.6) is 0 Å². The van der Waals surface area contributed by atoms with Crippen LogP contribution in [0.3, 0.4) is 0 Å². The minimum absolute atomic E-state index is 0.152. The van der Waals surface area contributed by atoms with Crippen molar-refractivity contribution in [2.75, 3.05) is 13.1 Å². The molecule has 2 saturated heterocycles. The molecule has 0 saturated carbocycles. The molecular formula is C16H31N3O. The summed E-state index contributed by atoms with van der Waals surface area (Å²) in [6.07, 6.45) is 7.11. The van der Waals surface area contributed by atoms with E-state index in [0.29, 0.717) is 30.6 Å². The van der Waals surface area contributed by atoms with Gasteiger partial charge in [-0.05, 0) is 59.4 Å². The van der Waals surface area contributed by atoms with E-state index in [-0.39, 0.29) is 6.04 Å². The van der Waals surface area contributed by atoms with Crippen molar-refractivity contribution in [1.29, 1.82) is 0 Å². The van der Waals surface area contributed by atoms with Gasteiger partial charge in [0.1, 0.15) is 0 Å². The minimum atomic E-state index is 0.152. The number of nitrogens with two attached hydrogens (primary N) is 1. The van der Waals surface area contributed by atoms with Gasteiger partial charge in [0.2, 0.25) is 5.91 Å². The molecule has 2 fully saturated rings. The van der Waals surface area contributed by atoms with Crippen molar-refractivity contribution >= 4 is 5.91 Å². The number of rotatable bonds is 3. The van der Waals surface area contributed by atoms with Crippen molar-refractivity contribution in [3.05, 3.63) is 0 Å². The third kappa shape index (κ3) is 3.53. The third-order valence-electron chi connectivity index (χ3n) is 5.09. The standard InChI is InChI=1S/C16H31N3O/c1-12-7-6-8-13(2)19(12)16(20)11-18-10-5-4-9-15(18)14(3)17/h12-15H,4-11,17H2,1-3H3. The van der Waals surface area contributed by atoms with Crippen molar-refractivity contribution in [1.82, 2.24) is 9.80 Å². The van der Waals surface area contributed by atoms with E-state index in [1.807, 2.05) is 0 Å². The topological polar surface area (TPSA) is 49.6 Å². The summed E-state index contributed by atoms with van der Waals surface area (Å²) >= 11 is 0. The molecule has 2 aliphatic rings. The van der Waals surface area contributed by atoms with E-state index >= 15 is 0 Å². The lowest BCUT2D eigenvalue weighted by Gasteiger charge is -2.42. The van der Waals surface area contributed by atoms with E-state index in [9.17, 15) is 4.79 Å². The zero-order valence-corrected chi connectivity index (χ0v) is 13.3. The van der Waals surface area contributed by atoms with Gasteiger partial charge in [0.25, 0.3) is 0 Å². The van der Waals surface area contributed by atoms with Crippen LogP contribution in [-0.2, 0) is 4.79 Å². The second-order valence-electron chi connectivity index (χ2n) is 6.82. The van der Waals surface area contributed by atoms with E-state index in [2.05, 4.69) is 30.6 Å². The molecule has 0 bridgehead atoms. The highest BCUT2D eigenvalue weighted by molar-refractivity contribution is 5.79. The highest BCUT2D eigenvalue weighted by atomic mass is 16.2. The molecule has 1 amide bonds. The molecule has 0 aliphatic carbocycles. The Labute approximate surface area is 123 Å². The fraction of sp³-hybridized carbons (Fsp3) is 0.938. The first-order chi connectivity index (χ1) is 9.50. The number of hydrogen-bond acceptors (Lipinski definition) is 3. The quantitative estimate of drug-likeness (QED) is 0.860. The summed E-state index contributed by atoms with van der Waals surface area (Å²) < 4.78 is 0. The van der Waals surface area contributed by atoms with Crippen LogP contribution in [0.4, 0.5) is 0 Å². The van der Waals surface area contributed by atoms with E-state index in [0.717, 1.165) is 25.8 Å². The maximum absolute atomic E-state index is 12.7. The van der Waals surface area contributed by atoms with E-state index < -0.39 is 0 Å². The predicted octanol–water partition coefficient (Wildman–Crippen LogP) is 1.98. The molecule has 2 N–H and O–H groups in total. The molecule has 2 aliphatic heterocycles. The van der Waals surface area contributed by atoms with E-state index in [4.69, 9.17) is 5.73 Å². The van der Waals surface area contributed by atoms with Gasteiger partial charge in [-0.3, -0.25) is 9.69 Å². The Morgan fingerprint density at radius 2 is 1.80 bits per heavy atom. The monoisotopic (exact) mass is 281 g/mol. The van der Waals surface area contributed by atoms with Crippen LogP contribution in [0.1, 0.15) is 59.3 Å². The summed E-state index contributed by atoms with van der Waals surface area (Å²) in [5.41, 5.74) is 6.10. The summed E-state index contributed by atoms with van der Waals surface area (Å²) in [6.45, 7) is 8.02. The molecule has 20 heavy (non-hydrogen) atoms. The molecule has 4 unspecified atom stereocenters. The molecule has 4 atom stereocenters. The summed E-state index contributed by atoms with van der Waals surface area (Å²) in [7, 11) is 0. The Bertz CT molecular complexity index is 322. The van der Waals surface area contributed by atoms with Gasteiger partial charge in [-0.15, -0.1) is 0 Å². The van der Waals surface area contributed by atoms with Gasteiger partial charge < -0.3 is 10.6 Å². The molecule has 116 valence electrons. The van der Waals surface area contributed by atoms with Crippen molar-refractivity contribution in [3.63, 3.8) is 0 Å². The van der Waals surface area contributed by atoms with E-state index in [1.54, 1.807) is 0 Å². The van der Waals surface area contributed by atoms with Crippen LogP contribution in [0.25, 0.3) is 0 Å². The zero-order valence-electron chi connectivity index (χ0n) is 13.3. The fourth-order valence-corrected chi connectivity index (χ4v) is 3.98. The molecule has 4 nitrogen and oxygen atoms in total. The zero-order chi connectivity index (χ0) is 14.7. The number of carbonyl (C=O) groups excluding carboxylic acids is 1. The van der Waals surface area contributed by atoms with Crippen molar-refractivity contribution in [2.45, 2.75) is 83.5 Å². The van der Waals surface area contributed by atoms with Crippen LogP contribution in [0, 0.1) is 0 Å². The van der Waals surface area contributed by atoms with Crippen LogP contribution >= 0.6 is 0 Å². The molecule has 4 heteroatoms. The number of likely N-dealkylation sites (tertiary alicyclic amines) is 2. The number of amides is 1. The first-order valence-electron chi connectivity index (χ1n) is 8.31.